The topological polar surface area (TPSA) is 58.4 Å². The number of piperidine rings is 1. The summed E-state index contributed by atoms with van der Waals surface area (Å²) in [6.45, 7) is 3.48. The quantitative estimate of drug-likeness (QED) is 0.716. The molecule has 140 valence electrons. The summed E-state index contributed by atoms with van der Waals surface area (Å²) in [5, 5.41) is 3.78. The van der Waals surface area contributed by atoms with Crippen LogP contribution < -0.4 is 10.2 Å². The van der Waals surface area contributed by atoms with Crippen LogP contribution in [0.5, 0.6) is 0 Å². The summed E-state index contributed by atoms with van der Waals surface area (Å²) < 4.78 is 5.84. The number of nitrogens with zero attached hydrogens (tertiary/aromatic N) is 2. The molecule has 1 aliphatic heterocycles. The minimum atomic E-state index is -0.110. The van der Waals surface area contributed by atoms with Crippen LogP contribution in [0.3, 0.4) is 0 Å². The zero-order valence-electron chi connectivity index (χ0n) is 15.2. The molecule has 1 amide bonds. The van der Waals surface area contributed by atoms with E-state index in [2.05, 4.69) is 15.2 Å². The minimum Gasteiger partial charge on any atom is -0.423 e. The number of carbonyl (C=O) groups excluding carboxylic acids is 1. The van der Waals surface area contributed by atoms with Gasteiger partial charge in [-0.25, -0.2) is 0 Å². The van der Waals surface area contributed by atoms with Gasteiger partial charge in [-0.05, 0) is 43.5 Å². The number of amides is 1. The normalized spacial score (nSPS) is 16.4. The van der Waals surface area contributed by atoms with Gasteiger partial charge in [-0.1, -0.05) is 41.9 Å². The van der Waals surface area contributed by atoms with E-state index in [9.17, 15) is 4.79 Å². The van der Waals surface area contributed by atoms with Crippen LogP contribution in [0.2, 0.25) is 5.02 Å². The Morgan fingerprint density at radius 1 is 1.19 bits per heavy atom. The zero-order chi connectivity index (χ0) is 18.8. The second kappa shape index (κ2) is 7.61. The third kappa shape index (κ3) is 3.78. The number of aromatic nitrogens is 1. The molecule has 1 aromatic heterocycles. The van der Waals surface area contributed by atoms with Crippen molar-refractivity contribution in [1.29, 1.82) is 0 Å². The fourth-order valence-electron chi connectivity index (χ4n) is 3.56. The number of nitrogens with one attached hydrogen (secondary N) is 1. The van der Waals surface area contributed by atoms with Crippen molar-refractivity contribution in [3.63, 3.8) is 0 Å². The van der Waals surface area contributed by atoms with E-state index < -0.39 is 0 Å². The average molecular weight is 384 g/mol. The second-order valence-electron chi connectivity index (χ2n) is 6.98. The molecule has 1 saturated heterocycles. The van der Waals surface area contributed by atoms with E-state index in [0.717, 1.165) is 42.6 Å². The molecule has 0 bridgehead atoms. The lowest BCUT2D eigenvalue weighted by molar-refractivity contribution is -0.126. The van der Waals surface area contributed by atoms with Gasteiger partial charge >= 0.3 is 0 Å². The van der Waals surface area contributed by atoms with Gasteiger partial charge in [-0.2, -0.15) is 4.98 Å². The van der Waals surface area contributed by atoms with E-state index in [0.29, 0.717) is 11.0 Å². The Kier molecular flexibility index (Phi) is 5.03. The summed E-state index contributed by atoms with van der Waals surface area (Å²) in [4.78, 5) is 19.3. The number of rotatable bonds is 4. The van der Waals surface area contributed by atoms with Gasteiger partial charge in [-0.3, -0.25) is 4.79 Å². The van der Waals surface area contributed by atoms with Crippen LogP contribution in [0.1, 0.15) is 31.4 Å². The van der Waals surface area contributed by atoms with Crippen LogP contribution >= 0.6 is 11.6 Å². The third-order valence-electron chi connectivity index (χ3n) is 5.15. The molecule has 27 heavy (non-hydrogen) atoms. The number of carbonyl (C=O) groups is 1. The van der Waals surface area contributed by atoms with Crippen molar-refractivity contribution in [1.82, 2.24) is 10.3 Å². The van der Waals surface area contributed by atoms with Crippen molar-refractivity contribution >= 4 is 34.6 Å². The molecule has 1 fully saturated rings. The molecule has 6 heteroatoms. The third-order valence-corrected chi connectivity index (χ3v) is 5.49. The van der Waals surface area contributed by atoms with Gasteiger partial charge in [0.25, 0.3) is 6.01 Å². The van der Waals surface area contributed by atoms with Crippen molar-refractivity contribution in [2.45, 2.75) is 25.8 Å². The highest BCUT2D eigenvalue weighted by Gasteiger charge is 2.28. The van der Waals surface area contributed by atoms with Crippen LogP contribution in [0, 0.1) is 5.92 Å². The Morgan fingerprint density at radius 3 is 2.63 bits per heavy atom. The molecule has 5 nitrogen and oxygen atoms in total. The zero-order valence-corrected chi connectivity index (χ0v) is 15.9. The second-order valence-corrected chi connectivity index (χ2v) is 7.38. The Bertz CT molecular complexity index is 914. The molecule has 2 heterocycles. The molecule has 2 aromatic carbocycles. The minimum absolute atomic E-state index is 0.00411. The lowest BCUT2D eigenvalue weighted by Gasteiger charge is -2.30. The van der Waals surface area contributed by atoms with Crippen molar-refractivity contribution in [2.24, 2.45) is 5.92 Å². The standard InChI is InChI=1S/C21H22ClN3O2/c1-14(16-6-2-3-7-17(16)22)23-20(26)15-10-12-25(13-11-15)21-24-18-8-4-5-9-19(18)27-21/h2-9,14-15H,10-13H2,1H3,(H,23,26)/t14-/m1/s1. The average Bonchev–Trinajstić information content (AvgIpc) is 3.12. The van der Waals surface area contributed by atoms with Gasteiger partial charge in [0.05, 0.1) is 6.04 Å². The molecular formula is C21H22ClN3O2. The Morgan fingerprint density at radius 2 is 1.89 bits per heavy atom. The summed E-state index contributed by atoms with van der Waals surface area (Å²) in [7, 11) is 0. The van der Waals surface area contributed by atoms with Crippen molar-refractivity contribution in [3.05, 3.63) is 59.1 Å². The highest BCUT2D eigenvalue weighted by Crippen LogP contribution is 2.27. The maximum Gasteiger partial charge on any atom is 0.298 e. The molecule has 1 atom stereocenters. The van der Waals surface area contributed by atoms with E-state index in [4.69, 9.17) is 16.0 Å². The van der Waals surface area contributed by atoms with Gasteiger partial charge in [-0.15, -0.1) is 0 Å². The summed E-state index contributed by atoms with van der Waals surface area (Å²) in [5.41, 5.74) is 2.60. The maximum absolute atomic E-state index is 12.7. The molecule has 1 aliphatic rings. The number of fused-ring (bicyclic) bond motifs is 1. The van der Waals surface area contributed by atoms with Gasteiger partial charge in [0.2, 0.25) is 5.91 Å². The number of para-hydroxylation sites is 2. The first-order chi connectivity index (χ1) is 13.1. The smallest absolute Gasteiger partial charge is 0.298 e. The Labute approximate surface area is 163 Å². The Balaban J connectivity index is 1.36. The first-order valence-electron chi connectivity index (χ1n) is 9.27. The fourth-order valence-corrected chi connectivity index (χ4v) is 3.86. The summed E-state index contributed by atoms with van der Waals surface area (Å²) in [5.74, 6) is 0.0789. The fraction of sp³-hybridized carbons (Fsp3) is 0.333. The van der Waals surface area contributed by atoms with Gasteiger partial charge in [0, 0.05) is 24.0 Å². The number of anilines is 1. The van der Waals surface area contributed by atoms with Crippen LogP contribution in [0.15, 0.2) is 52.9 Å². The van der Waals surface area contributed by atoms with Crippen molar-refractivity contribution < 1.29 is 9.21 Å². The Hall–Kier alpha value is -2.53. The number of oxazole rings is 1. The number of benzene rings is 2. The molecule has 3 aromatic rings. The lowest BCUT2D eigenvalue weighted by atomic mass is 9.95. The molecule has 0 aliphatic carbocycles. The summed E-state index contributed by atoms with van der Waals surface area (Å²) in [6, 6.07) is 15.9. The van der Waals surface area contributed by atoms with Crippen molar-refractivity contribution in [3.8, 4) is 0 Å². The van der Waals surface area contributed by atoms with Gasteiger partial charge in [0.1, 0.15) is 5.52 Å². The summed E-state index contributed by atoms with van der Waals surface area (Å²) in [6.07, 6.45) is 1.56. The molecule has 1 N–H and O–H groups in total. The van der Waals surface area contributed by atoms with Crippen LogP contribution in [-0.2, 0) is 4.79 Å². The predicted octanol–water partition coefficient (Wildman–Crippen LogP) is 4.58. The molecule has 0 spiro atoms. The largest absolute Gasteiger partial charge is 0.423 e. The van der Waals surface area contributed by atoms with E-state index in [1.807, 2.05) is 55.5 Å². The van der Waals surface area contributed by atoms with E-state index in [1.165, 1.54) is 0 Å². The van der Waals surface area contributed by atoms with Gasteiger partial charge in [0.15, 0.2) is 5.58 Å². The first-order valence-corrected chi connectivity index (χ1v) is 9.65. The highest BCUT2D eigenvalue weighted by molar-refractivity contribution is 6.31. The van der Waals surface area contributed by atoms with Gasteiger partial charge < -0.3 is 14.6 Å². The van der Waals surface area contributed by atoms with Crippen LogP contribution in [0.4, 0.5) is 6.01 Å². The monoisotopic (exact) mass is 383 g/mol. The highest BCUT2D eigenvalue weighted by atomic mass is 35.5. The van der Waals surface area contributed by atoms with E-state index in [1.54, 1.807) is 0 Å². The molecular weight excluding hydrogens is 362 g/mol. The van der Waals surface area contributed by atoms with Crippen LogP contribution in [-0.4, -0.2) is 24.0 Å². The molecule has 0 saturated carbocycles. The predicted molar refractivity (Wildman–Crippen MR) is 107 cm³/mol. The SMILES string of the molecule is C[C@@H](NC(=O)C1CCN(c2nc3ccccc3o2)CC1)c1ccccc1Cl. The number of hydrogen-bond acceptors (Lipinski definition) is 4. The number of hydrogen-bond donors (Lipinski definition) is 1. The molecule has 4 rings (SSSR count). The maximum atomic E-state index is 12.7. The molecule has 0 radical (unpaired) electrons. The first kappa shape index (κ1) is 17.9. The van der Waals surface area contributed by atoms with E-state index >= 15 is 0 Å². The summed E-state index contributed by atoms with van der Waals surface area (Å²) >= 11 is 6.23. The molecule has 0 unspecified atom stereocenters. The van der Waals surface area contributed by atoms with Crippen LogP contribution in [0.25, 0.3) is 11.1 Å². The number of halogens is 1. The van der Waals surface area contributed by atoms with E-state index in [-0.39, 0.29) is 17.9 Å². The van der Waals surface area contributed by atoms with Crippen molar-refractivity contribution in [2.75, 3.05) is 18.0 Å². The lowest BCUT2D eigenvalue weighted by Crippen LogP contribution is -2.41.